The first kappa shape index (κ1) is 27.0. The smallest absolute Gasteiger partial charge is 0.408 e. The Bertz CT molecular complexity index is 879. The molecule has 32 heavy (non-hydrogen) atoms. The van der Waals surface area contributed by atoms with Gasteiger partial charge in [-0.05, 0) is 51.5 Å². The summed E-state index contributed by atoms with van der Waals surface area (Å²) in [6.45, 7) is 6.59. The standard InChI is InChI=1S/C17H24FNO5.C6H5ClO/c1-11(8-12-6-7-13(18)9-14(12)22-5)23-15(20)10-19-16(21)24-17(2,3)4;7-5-3-1-2-4-6(5)8/h6-7,9,11H,8,10H2,1-5H3,(H,19,21);1-4,8H. The first-order valence-electron chi connectivity index (χ1n) is 9.83. The molecule has 2 aromatic rings. The maximum absolute atomic E-state index is 13.2. The molecule has 1 unspecified atom stereocenters. The molecule has 0 bridgehead atoms. The molecule has 2 rings (SSSR count). The molecule has 0 saturated carbocycles. The van der Waals surface area contributed by atoms with Crippen LogP contribution in [-0.4, -0.2) is 42.5 Å². The predicted molar refractivity (Wildman–Crippen MR) is 120 cm³/mol. The third-order valence-electron chi connectivity index (χ3n) is 3.72. The highest BCUT2D eigenvalue weighted by Crippen LogP contribution is 2.22. The first-order valence-corrected chi connectivity index (χ1v) is 10.2. The lowest BCUT2D eigenvalue weighted by molar-refractivity contribution is -0.147. The van der Waals surface area contributed by atoms with Gasteiger partial charge in [-0.25, -0.2) is 9.18 Å². The molecule has 0 aliphatic carbocycles. The average molecular weight is 470 g/mol. The molecule has 0 aliphatic rings. The Kier molecular flexibility index (Phi) is 10.8. The number of phenols is 1. The molecule has 7 nitrogen and oxygen atoms in total. The summed E-state index contributed by atoms with van der Waals surface area (Å²) in [7, 11) is 1.44. The molecule has 0 aromatic heterocycles. The second-order valence-corrected chi connectivity index (χ2v) is 8.17. The van der Waals surface area contributed by atoms with Gasteiger partial charge in [0.25, 0.3) is 0 Å². The van der Waals surface area contributed by atoms with Gasteiger partial charge in [-0.3, -0.25) is 4.79 Å². The van der Waals surface area contributed by atoms with Crippen LogP contribution in [0.5, 0.6) is 11.5 Å². The quantitative estimate of drug-likeness (QED) is 0.585. The summed E-state index contributed by atoms with van der Waals surface area (Å²) < 4.78 is 28.5. The molecular weight excluding hydrogens is 441 g/mol. The maximum atomic E-state index is 13.2. The van der Waals surface area contributed by atoms with Crippen molar-refractivity contribution in [2.45, 2.75) is 45.8 Å². The van der Waals surface area contributed by atoms with Crippen LogP contribution in [-0.2, 0) is 20.7 Å². The van der Waals surface area contributed by atoms with Crippen LogP contribution in [0.3, 0.4) is 0 Å². The van der Waals surface area contributed by atoms with E-state index < -0.39 is 29.6 Å². The number of rotatable bonds is 6. The third kappa shape index (κ3) is 10.9. The van der Waals surface area contributed by atoms with Crippen LogP contribution in [0, 0.1) is 5.82 Å². The number of carbonyl (C=O) groups is 2. The number of phenolic OH excluding ortho intramolecular Hbond substituents is 1. The summed E-state index contributed by atoms with van der Waals surface area (Å²) in [5, 5.41) is 11.5. The van der Waals surface area contributed by atoms with E-state index in [1.807, 2.05) is 0 Å². The van der Waals surface area contributed by atoms with Crippen molar-refractivity contribution in [1.29, 1.82) is 0 Å². The summed E-state index contributed by atoms with van der Waals surface area (Å²) in [6, 6.07) is 10.8. The van der Waals surface area contributed by atoms with E-state index in [4.69, 9.17) is 30.9 Å². The van der Waals surface area contributed by atoms with Gasteiger partial charge in [0.1, 0.15) is 35.6 Å². The molecule has 2 N–H and O–H groups in total. The van der Waals surface area contributed by atoms with Crippen LogP contribution in [0.15, 0.2) is 42.5 Å². The molecule has 0 aliphatic heterocycles. The van der Waals surface area contributed by atoms with E-state index in [9.17, 15) is 14.0 Å². The van der Waals surface area contributed by atoms with Gasteiger partial charge in [0.05, 0.1) is 12.1 Å². The summed E-state index contributed by atoms with van der Waals surface area (Å²) in [5.41, 5.74) is 0.0831. The van der Waals surface area contributed by atoms with Gasteiger partial charge in [0, 0.05) is 12.5 Å². The molecule has 0 spiro atoms. The second kappa shape index (κ2) is 12.8. The van der Waals surface area contributed by atoms with Crippen LogP contribution >= 0.6 is 11.6 Å². The molecule has 1 atom stereocenters. The lowest BCUT2D eigenvalue weighted by atomic mass is 10.1. The average Bonchev–Trinajstić information content (AvgIpc) is 2.69. The normalized spacial score (nSPS) is 11.5. The number of hydrogen-bond acceptors (Lipinski definition) is 6. The highest BCUT2D eigenvalue weighted by atomic mass is 35.5. The van der Waals surface area contributed by atoms with E-state index in [-0.39, 0.29) is 12.3 Å². The highest BCUT2D eigenvalue weighted by molar-refractivity contribution is 6.31. The van der Waals surface area contributed by atoms with Gasteiger partial charge in [-0.1, -0.05) is 29.8 Å². The minimum Gasteiger partial charge on any atom is -0.506 e. The second-order valence-electron chi connectivity index (χ2n) is 7.77. The Morgan fingerprint density at radius 3 is 2.38 bits per heavy atom. The van der Waals surface area contributed by atoms with Crippen LogP contribution in [0.2, 0.25) is 5.02 Å². The zero-order chi connectivity index (χ0) is 24.3. The van der Waals surface area contributed by atoms with E-state index in [0.717, 1.165) is 5.56 Å². The van der Waals surface area contributed by atoms with E-state index in [1.165, 1.54) is 19.2 Å². The number of amides is 1. The minimum atomic E-state index is -0.688. The summed E-state index contributed by atoms with van der Waals surface area (Å²) >= 11 is 5.46. The number of para-hydroxylation sites is 1. The molecular formula is C23H29ClFNO6. The molecule has 9 heteroatoms. The van der Waals surface area contributed by atoms with Gasteiger partial charge in [-0.2, -0.15) is 0 Å². The molecule has 0 fully saturated rings. The number of methoxy groups -OCH3 is 1. The lowest BCUT2D eigenvalue weighted by Crippen LogP contribution is -2.36. The zero-order valence-electron chi connectivity index (χ0n) is 18.8. The van der Waals surface area contributed by atoms with Crippen molar-refractivity contribution in [3.05, 3.63) is 58.9 Å². The number of aromatic hydroxyl groups is 1. The number of hydrogen-bond donors (Lipinski definition) is 2. The van der Waals surface area contributed by atoms with Crippen molar-refractivity contribution in [3.63, 3.8) is 0 Å². The first-order chi connectivity index (χ1) is 14.9. The number of carbonyl (C=O) groups excluding carboxylic acids is 2. The Hall–Kier alpha value is -3.00. The maximum Gasteiger partial charge on any atom is 0.408 e. The fourth-order valence-corrected chi connectivity index (χ4v) is 2.55. The highest BCUT2D eigenvalue weighted by Gasteiger charge is 2.18. The van der Waals surface area contributed by atoms with E-state index in [0.29, 0.717) is 17.2 Å². The Balaban J connectivity index is 0.000000533. The Morgan fingerprint density at radius 2 is 1.84 bits per heavy atom. The summed E-state index contributed by atoms with van der Waals surface area (Å²) in [5.74, 6) is -0.463. The van der Waals surface area contributed by atoms with E-state index in [1.54, 1.807) is 58.0 Å². The van der Waals surface area contributed by atoms with Crippen molar-refractivity contribution in [2.75, 3.05) is 13.7 Å². The number of benzene rings is 2. The van der Waals surface area contributed by atoms with Crippen molar-refractivity contribution >= 4 is 23.7 Å². The van der Waals surface area contributed by atoms with Gasteiger partial charge in [0.15, 0.2) is 0 Å². The number of esters is 1. The fraction of sp³-hybridized carbons (Fsp3) is 0.391. The number of ether oxygens (including phenoxy) is 3. The Morgan fingerprint density at radius 1 is 1.19 bits per heavy atom. The van der Waals surface area contributed by atoms with Crippen molar-refractivity contribution < 1.29 is 33.3 Å². The third-order valence-corrected chi connectivity index (χ3v) is 4.04. The van der Waals surface area contributed by atoms with Crippen molar-refractivity contribution in [2.24, 2.45) is 0 Å². The lowest BCUT2D eigenvalue weighted by Gasteiger charge is -2.20. The molecule has 0 heterocycles. The van der Waals surface area contributed by atoms with E-state index >= 15 is 0 Å². The van der Waals surface area contributed by atoms with Gasteiger partial charge in [-0.15, -0.1) is 0 Å². The Labute approximate surface area is 192 Å². The molecule has 2 aromatic carbocycles. The minimum absolute atomic E-state index is 0.133. The van der Waals surface area contributed by atoms with Crippen molar-refractivity contribution in [1.82, 2.24) is 5.32 Å². The SMILES string of the molecule is COc1cc(F)ccc1CC(C)OC(=O)CNC(=O)OC(C)(C)C.Oc1ccccc1Cl. The van der Waals surface area contributed by atoms with Crippen LogP contribution in [0.1, 0.15) is 33.3 Å². The monoisotopic (exact) mass is 469 g/mol. The van der Waals surface area contributed by atoms with Crippen LogP contribution in [0.25, 0.3) is 0 Å². The molecule has 0 radical (unpaired) electrons. The number of halogens is 2. The van der Waals surface area contributed by atoms with Crippen LogP contribution in [0.4, 0.5) is 9.18 Å². The van der Waals surface area contributed by atoms with Gasteiger partial charge >= 0.3 is 12.1 Å². The predicted octanol–water partition coefficient (Wildman–Crippen LogP) is 4.88. The summed E-state index contributed by atoms with van der Waals surface area (Å²) in [4.78, 5) is 23.2. The summed E-state index contributed by atoms with van der Waals surface area (Å²) in [6.07, 6.45) is -0.786. The topological polar surface area (TPSA) is 94.1 Å². The molecule has 0 saturated heterocycles. The van der Waals surface area contributed by atoms with Gasteiger partial charge in [0.2, 0.25) is 0 Å². The van der Waals surface area contributed by atoms with Crippen molar-refractivity contribution in [3.8, 4) is 11.5 Å². The largest absolute Gasteiger partial charge is 0.506 e. The fourth-order valence-electron chi connectivity index (χ4n) is 2.41. The molecule has 1 amide bonds. The van der Waals surface area contributed by atoms with Gasteiger partial charge < -0.3 is 24.6 Å². The zero-order valence-corrected chi connectivity index (χ0v) is 19.5. The van der Waals surface area contributed by atoms with E-state index in [2.05, 4.69) is 5.32 Å². The number of nitrogens with one attached hydrogen (secondary N) is 1. The van der Waals surface area contributed by atoms with Crippen LogP contribution < -0.4 is 10.1 Å². The molecule has 176 valence electrons. The number of alkyl carbamates (subject to hydrolysis) is 1.